The number of nitrogen functional groups attached to an aromatic ring is 1. The fraction of sp³-hybridized carbons (Fsp3) is 0.250. The van der Waals surface area contributed by atoms with Gasteiger partial charge in [0, 0.05) is 56.7 Å². The highest BCUT2D eigenvalue weighted by molar-refractivity contribution is 6.37. The molecule has 5 aromatic heterocycles. The number of anilines is 2. The quantitative estimate of drug-likeness (QED) is 0.311. The van der Waals surface area contributed by atoms with Crippen molar-refractivity contribution in [2.75, 3.05) is 43.4 Å². The largest absolute Gasteiger partial charge is 0.445 e. The van der Waals surface area contributed by atoms with E-state index in [0.29, 0.717) is 64.4 Å². The Labute approximate surface area is 239 Å². The smallest absolute Gasteiger partial charge is 0.225 e. The number of nitrogens with zero attached hydrogens (tertiary/aromatic N) is 9. The number of halogens is 2. The van der Waals surface area contributed by atoms with Crippen molar-refractivity contribution in [3.05, 3.63) is 71.6 Å². The van der Waals surface area contributed by atoms with E-state index >= 15 is 0 Å². The van der Waals surface area contributed by atoms with Crippen molar-refractivity contribution in [3.63, 3.8) is 0 Å². The number of fused-ring (bicyclic) bond motifs is 3. The number of benzene rings is 1. The van der Waals surface area contributed by atoms with Gasteiger partial charge in [0.15, 0.2) is 5.65 Å². The van der Waals surface area contributed by atoms with Gasteiger partial charge in [-0.15, -0.1) is 5.10 Å². The van der Waals surface area contributed by atoms with Crippen molar-refractivity contribution < 1.29 is 8.81 Å². The summed E-state index contributed by atoms with van der Waals surface area (Å²) in [5.74, 6) is 0.893. The second-order valence-electron chi connectivity index (χ2n) is 9.94. The summed E-state index contributed by atoms with van der Waals surface area (Å²) >= 11 is 6.84. The first-order valence-electron chi connectivity index (χ1n) is 13.3. The van der Waals surface area contributed by atoms with E-state index in [9.17, 15) is 4.39 Å². The van der Waals surface area contributed by atoms with Crippen LogP contribution >= 0.6 is 11.6 Å². The predicted octanol–water partition coefficient (Wildman–Crippen LogP) is 4.30. The molecule has 0 saturated carbocycles. The van der Waals surface area contributed by atoms with Crippen LogP contribution in [0, 0.1) is 12.7 Å². The van der Waals surface area contributed by atoms with Gasteiger partial charge >= 0.3 is 0 Å². The molecule has 41 heavy (non-hydrogen) atoms. The standard InChI is InChI=1S/C28H26ClFN10O/c1-17-23(29)22-25(35-28(31)40-26(22)34-24(36-40)20-4-2-3-7-32-20)39(17)14-11-37-9-12-38(13-10-37)21-16-18(5-6-19(21)30)27-33-8-15-41-27/h2-8,15-16H,9-14H2,1H3,(H2,31,35). The summed E-state index contributed by atoms with van der Waals surface area (Å²) in [6.45, 7) is 6.35. The molecule has 0 spiro atoms. The lowest BCUT2D eigenvalue weighted by atomic mass is 10.1. The Morgan fingerprint density at radius 2 is 1.85 bits per heavy atom. The topological polar surface area (TPSA) is 119 Å². The molecule has 0 unspecified atom stereocenters. The van der Waals surface area contributed by atoms with Crippen LogP contribution in [0.3, 0.4) is 0 Å². The van der Waals surface area contributed by atoms with Gasteiger partial charge in [0.2, 0.25) is 17.7 Å². The highest BCUT2D eigenvalue weighted by Crippen LogP contribution is 2.34. The van der Waals surface area contributed by atoms with Gasteiger partial charge in [0.05, 0.1) is 22.3 Å². The first-order valence-corrected chi connectivity index (χ1v) is 13.6. The molecule has 6 heterocycles. The number of pyridine rings is 1. The van der Waals surface area contributed by atoms with Gasteiger partial charge in [-0.25, -0.2) is 14.4 Å². The number of hydrogen-bond donors (Lipinski definition) is 1. The second-order valence-corrected chi connectivity index (χ2v) is 10.3. The highest BCUT2D eigenvalue weighted by atomic mass is 35.5. The fourth-order valence-corrected chi connectivity index (χ4v) is 5.65. The van der Waals surface area contributed by atoms with Crippen molar-refractivity contribution in [1.82, 2.24) is 39.0 Å². The molecule has 2 N–H and O–H groups in total. The average Bonchev–Trinajstić information content (AvgIpc) is 3.74. The molecular weight excluding hydrogens is 547 g/mol. The van der Waals surface area contributed by atoms with Crippen LogP contribution in [-0.2, 0) is 6.54 Å². The zero-order chi connectivity index (χ0) is 28.1. The average molecular weight is 573 g/mol. The van der Waals surface area contributed by atoms with E-state index in [4.69, 9.17) is 26.7 Å². The third-order valence-electron chi connectivity index (χ3n) is 7.56. The molecule has 6 aromatic rings. The molecule has 1 saturated heterocycles. The van der Waals surface area contributed by atoms with Crippen LogP contribution < -0.4 is 10.6 Å². The Kier molecular flexibility index (Phi) is 6.28. The lowest BCUT2D eigenvalue weighted by molar-refractivity contribution is 0.248. The molecule has 0 radical (unpaired) electrons. The van der Waals surface area contributed by atoms with E-state index in [2.05, 4.69) is 34.4 Å². The normalized spacial score (nSPS) is 14.5. The number of aromatic nitrogens is 7. The molecule has 208 valence electrons. The number of oxazole rings is 1. The van der Waals surface area contributed by atoms with E-state index in [1.165, 1.54) is 16.8 Å². The van der Waals surface area contributed by atoms with Crippen LogP contribution in [-0.4, -0.2) is 71.7 Å². The summed E-state index contributed by atoms with van der Waals surface area (Å²) in [4.78, 5) is 22.3. The van der Waals surface area contributed by atoms with Crippen molar-refractivity contribution in [1.29, 1.82) is 0 Å². The maximum atomic E-state index is 14.7. The minimum atomic E-state index is -0.257. The van der Waals surface area contributed by atoms with Crippen LogP contribution in [0.15, 0.2) is 59.5 Å². The Morgan fingerprint density at radius 3 is 2.61 bits per heavy atom. The molecule has 0 bridgehead atoms. The van der Waals surface area contributed by atoms with E-state index in [1.807, 2.05) is 25.1 Å². The van der Waals surface area contributed by atoms with Crippen molar-refractivity contribution in [3.8, 4) is 23.0 Å². The Hall–Kier alpha value is -4.55. The fourth-order valence-electron chi connectivity index (χ4n) is 5.38. The van der Waals surface area contributed by atoms with E-state index in [1.54, 1.807) is 24.5 Å². The molecule has 11 nitrogen and oxygen atoms in total. The van der Waals surface area contributed by atoms with Crippen LogP contribution in [0.5, 0.6) is 0 Å². The third-order valence-corrected chi connectivity index (χ3v) is 8.02. The van der Waals surface area contributed by atoms with Crippen LogP contribution in [0.2, 0.25) is 5.02 Å². The molecule has 1 aliphatic heterocycles. The molecule has 13 heteroatoms. The van der Waals surface area contributed by atoms with Gasteiger partial charge in [-0.1, -0.05) is 17.7 Å². The minimum Gasteiger partial charge on any atom is -0.445 e. The van der Waals surface area contributed by atoms with Crippen molar-refractivity contribution >= 4 is 39.9 Å². The zero-order valence-corrected chi connectivity index (χ0v) is 23.0. The summed E-state index contributed by atoms with van der Waals surface area (Å²) in [5.41, 5.74) is 10.4. The van der Waals surface area contributed by atoms with Gasteiger partial charge in [0.1, 0.15) is 23.4 Å². The lowest BCUT2D eigenvalue weighted by Gasteiger charge is -2.36. The molecule has 1 fully saturated rings. The van der Waals surface area contributed by atoms with E-state index in [-0.39, 0.29) is 11.8 Å². The molecule has 1 aliphatic rings. The Bertz CT molecular complexity index is 1860. The maximum absolute atomic E-state index is 14.7. The predicted molar refractivity (Wildman–Crippen MR) is 154 cm³/mol. The molecule has 0 aliphatic carbocycles. The van der Waals surface area contributed by atoms with Crippen molar-refractivity contribution in [2.45, 2.75) is 13.5 Å². The number of piperazine rings is 1. The second kappa shape index (κ2) is 10.1. The number of rotatable bonds is 6. The van der Waals surface area contributed by atoms with E-state index in [0.717, 1.165) is 30.9 Å². The van der Waals surface area contributed by atoms with Crippen LogP contribution in [0.25, 0.3) is 39.7 Å². The third kappa shape index (κ3) is 4.45. The zero-order valence-electron chi connectivity index (χ0n) is 22.2. The molecule has 0 amide bonds. The Morgan fingerprint density at radius 1 is 1.00 bits per heavy atom. The molecule has 7 rings (SSSR count). The summed E-state index contributed by atoms with van der Waals surface area (Å²) in [6, 6.07) is 10.5. The van der Waals surface area contributed by atoms with Gasteiger partial charge in [-0.3, -0.25) is 9.88 Å². The summed E-state index contributed by atoms with van der Waals surface area (Å²) in [6.07, 6.45) is 4.79. The lowest BCUT2D eigenvalue weighted by Crippen LogP contribution is -2.47. The van der Waals surface area contributed by atoms with Gasteiger partial charge in [-0.05, 0) is 37.3 Å². The van der Waals surface area contributed by atoms with Crippen molar-refractivity contribution in [2.24, 2.45) is 0 Å². The number of hydrogen-bond acceptors (Lipinski definition) is 9. The molecular formula is C28H26ClFN10O. The summed E-state index contributed by atoms with van der Waals surface area (Å²) in [5, 5.41) is 5.81. The number of nitrogens with two attached hydrogens (primary N) is 1. The Balaban J connectivity index is 1.10. The summed E-state index contributed by atoms with van der Waals surface area (Å²) < 4.78 is 23.7. The monoisotopic (exact) mass is 572 g/mol. The van der Waals surface area contributed by atoms with Crippen LogP contribution in [0.4, 0.5) is 16.0 Å². The van der Waals surface area contributed by atoms with Gasteiger partial charge in [0.25, 0.3) is 0 Å². The van der Waals surface area contributed by atoms with Gasteiger partial charge in [-0.2, -0.15) is 9.50 Å². The maximum Gasteiger partial charge on any atom is 0.225 e. The van der Waals surface area contributed by atoms with Gasteiger partial charge < -0.3 is 19.6 Å². The summed E-state index contributed by atoms with van der Waals surface area (Å²) in [7, 11) is 0. The van der Waals surface area contributed by atoms with Crippen LogP contribution in [0.1, 0.15) is 5.69 Å². The molecule has 0 atom stereocenters. The minimum absolute atomic E-state index is 0.222. The SMILES string of the molecule is Cc1c(Cl)c2c(nc(N)n3nc(-c4ccccn4)nc23)n1CCN1CCN(c2cc(-c3ncco3)ccc2F)CC1. The first kappa shape index (κ1) is 25.4. The van der Waals surface area contributed by atoms with E-state index < -0.39 is 0 Å². The highest BCUT2D eigenvalue weighted by Gasteiger charge is 2.24. The molecule has 1 aromatic carbocycles. The first-order chi connectivity index (χ1) is 20.0.